The Morgan fingerprint density at radius 3 is 2.56 bits per heavy atom. The molecule has 6 heteroatoms. The van der Waals surface area contributed by atoms with Crippen LogP contribution in [0, 0.1) is 12.7 Å². The summed E-state index contributed by atoms with van der Waals surface area (Å²) < 4.78 is 18.7. The van der Waals surface area contributed by atoms with Gasteiger partial charge in [-0.15, -0.1) is 0 Å². The van der Waals surface area contributed by atoms with Gasteiger partial charge < -0.3 is 20.3 Å². The zero-order chi connectivity index (χ0) is 19.2. The number of rotatable bonds is 5. The number of amides is 2. The fourth-order valence-electron chi connectivity index (χ4n) is 3.13. The molecular formula is C21H26FN3O2. The van der Waals surface area contributed by atoms with Crippen molar-refractivity contribution < 1.29 is 13.9 Å². The van der Waals surface area contributed by atoms with Crippen molar-refractivity contribution >= 4 is 11.7 Å². The molecule has 1 aliphatic rings. The molecule has 1 saturated heterocycles. The zero-order valence-electron chi connectivity index (χ0n) is 15.8. The van der Waals surface area contributed by atoms with E-state index in [1.54, 1.807) is 19.1 Å². The van der Waals surface area contributed by atoms with Gasteiger partial charge in [-0.25, -0.2) is 9.18 Å². The van der Waals surface area contributed by atoms with Crippen molar-refractivity contribution in [1.29, 1.82) is 0 Å². The minimum absolute atomic E-state index is 0.112. The van der Waals surface area contributed by atoms with E-state index in [4.69, 9.17) is 4.74 Å². The molecule has 1 unspecified atom stereocenters. The van der Waals surface area contributed by atoms with Crippen molar-refractivity contribution in [3.8, 4) is 0 Å². The summed E-state index contributed by atoms with van der Waals surface area (Å²) in [6.45, 7) is 7.33. The first-order chi connectivity index (χ1) is 13.0. The summed E-state index contributed by atoms with van der Waals surface area (Å²) in [6.07, 6.45) is 0. The summed E-state index contributed by atoms with van der Waals surface area (Å²) in [7, 11) is 0. The van der Waals surface area contributed by atoms with Crippen LogP contribution in [0.2, 0.25) is 0 Å². The molecule has 0 aliphatic carbocycles. The van der Waals surface area contributed by atoms with Gasteiger partial charge in [-0.3, -0.25) is 0 Å². The number of anilines is 1. The Kier molecular flexibility index (Phi) is 6.29. The van der Waals surface area contributed by atoms with E-state index in [-0.39, 0.29) is 17.9 Å². The van der Waals surface area contributed by atoms with Crippen molar-refractivity contribution in [2.24, 2.45) is 0 Å². The average Bonchev–Trinajstić information content (AvgIpc) is 2.69. The van der Waals surface area contributed by atoms with Gasteiger partial charge >= 0.3 is 6.03 Å². The summed E-state index contributed by atoms with van der Waals surface area (Å²) in [6, 6.07) is 12.7. The van der Waals surface area contributed by atoms with Gasteiger partial charge in [-0.2, -0.15) is 0 Å². The summed E-state index contributed by atoms with van der Waals surface area (Å²) in [5.74, 6) is -0.239. The molecule has 2 aromatic rings. The number of nitrogens with one attached hydrogen (secondary N) is 2. The Morgan fingerprint density at radius 2 is 1.89 bits per heavy atom. The highest BCUT2D eigenvalue weighted by molar-refractivity contribution is 5.74. The van der Waals surface area contributed by atoms with Gasteiger partial charge in [0.15, 0.2) is 0 Å². The molecule has 2 aromatic carbocycles. The SMILES string of the molecule is Cc1cc(CNC(=O)NC(C)c2ccc(N3CCOCC3)cc2)ccc1F. The maximum absolute atomic E-state index is 13.3. The molecule has 0 aromatic heterocycles. The van der Waals surface area contributed by atoms with Gasteiger partial charge in [0.2, 0.25) is 0 Å². The predicted molar refractivity (Wildman–Crippen MR) is 104 cm³/mol. The van der Waals surface area contributed by atoms with Crippen LogP contribution < -0.4 is 15.5 Å². The van der Waals surface area contributed by atoms with Crippen LogP contribution in [0.1, 0.15) is 29.7 Å². The number of morpholine rings is 1. The summed E-state index contributed by atoms with van der Waals surface area (Å²) in [4.78, 5) is 14.4. The molecule has 1 heterocycles. The smallest absolute Gasteiger partial charge is 0.315 e. The molecule has 0 bridgehead atoms. The van der Waals surface area contributed by atoms with Crippen LogP contribution in [0.25, 0.3) is 0 Å². The normalized spacial score (nSPS) is 15.3. The number of nitrogens with zero attached hydrogens (tertiary/aromatic N) is 1. The molecule has 144 valence electrons. The monoisotopic (exact) mass is 371 g/mol. The van der Waals surface area contributed by atoms with Crippen LogP contribution >= 0.6 is 0 Å². The van der Waals surface area contributed by atoms with Crippen molar-refractivity contribution in [2.45, 2.75) is 26.4 Å². The van der Waals surface area contributed by atoms with E-state index in [1.165, 1.54) is 11.8 Å². The second-order valence-corrected chi connectivity index (χ2v) is 6.82. The van der Waals surface area contributed by atoms with E-state index < -0.39 is 0 Å². The van der Waals surface area contributed by atoms with E-state index in [0.717, 1.165) is 37.4 Å². The van der Waals surface area contributed by atoms with Gasteiger partial charge in [-0.05, 0) is 48.7 Å². The molecule has 1 atom stereocenters. The molecule has 1 aliphatic heterocycles. The molecule has 0 saturated carbocycles. The number of hydrogen-bond acceptors (Lipinski definition) is 3. The number of halogens is 1. The summed E-state index contributed by atoms with van der Waals surface area (Å²) >= 11 is 0. The quantitative estimate of drug-likeness (QED) is 0.845. The topological polar surface area (TPSA) is 53.6 Å². The van der Waals surface area contributed by atoms with Crippen LogP contribution in [0.3, 0.4) is 0 Å². The number of benzene rings is 2. The fourth-order valence-corrected chi connectivity index (χ4v) is 3.13. The highest BCUT2D eigenvalue weighted by Crippen LogP contribution is 2.20. The Hall–Kier alpha value is -2.60. The van der Waals surface area contributed by atoms with Gasteiger partial charge in [0.25, 0.3) is 0 Å². The third-order valence-electron chi connectivity index (χ3n) is 4.79. The number of carbonyl (C=O) groups is 1. The van der Waals surface area contributed by atoms with Crippen LogP contribution in [-0.2, 0) is 11.3 Å². The largest absolute Gasteiger partial charge is 0.378 e. The van der Waals surface area contributed by atoms with E-state index in [9.17, 15) is 9.18 Å². The minimum Gasteiger partial charge on any atom is -0.378 e. The first kappa shape index (κ1) is 19.2. The van der Waals surface area contributed by atoms with E-state index in [0.29, 0.717) is 12.1 Å². The molecule has 0 radical (unpaired) electrons. The lowest BCUT2D eigenvalue weighted by Gasteiger charge is -2.29. The minimum atomic E-state index is -0.248. The van der Waals surface area contributed by atoms with E-state index in [2.05, 4.69) is 27.7 Å². The number of carbonyl (C=O) groups excluding carboxylic acids is 1. The first-order valence-electron chi connectivity index (χ1n) is 9.25. The van der Waals surface area contributed by atoms with Gasteiger partial charge in [0.1, 0.15) is 5.82 Å². The standard InChI is InChI=1S/C21H26FN3O2/c1-15-13-17(3-8-20(15)22)14-23-21(26)24-16(2)18-4-6-19(7-5-18)25-9-11-27-12-10-25/h3-8,13,16H,9-12,14H2,1-2H3,(H2,23,24,26). The van der Waals surface area contributed by atoms with Crippen molar-refractivity contribution in [3.63, 3.8) is 0 Å². The number of hydrogen-bond donors (Lipinski definition) is 2. The molecule has 1 fully saturated rings. The third-order valence-corrected chi connectivity index (χ3v) is 4.79. The van der Waals surface area contributed by atoms with E-state index in [1.807, 2.05) is 19.1 Å². The van der Waals surface area contributed by atoms with Crippen LogP contribution in [0.5, 0.6) is 0 Å². The molecule has 0 spiro atoms. The molecule has 2 N–H and O–H groups in total. The second kappa shape index (κ2) is 8.86. The maximum atomic E-state index is 13.3. The Labute approximate surface area is 159 Å². The summed E-state index contributed by atoms with van der Waals surface area (Å²) in [5.41, 5.74) is 3.65. The Bertz CT molecular complexity index is 773. The molecular weight excluding hydrogens is 345 g/mol. The second-order valence-electron chi connectivity index (χ2n) is 6.82. The van der Waals surface area contributed by atoms with E-state index >= 15 is 0 Å². The third kappa shape index (κ3) is 5.20. The summed E-state index contributed by atoms with van der Waals surface area (Å²) in [5, 5.41) is 5.75. The maximum Gasteiger partial charge on any atom is 0.315 e. The van der Waals surface area contributed by atoms with Crippen molar-refractivity contribution in [3.05, 3.63) is 65.0 Å². The highest BCUT2D eigenvalue weighted by Gasteiger charge is 2.13. The fraction of sp³-hybridized carbons (Fsp3) is 0.381. The van der Waals surface area contributed by atoms with Gasteiger partial charge in [-0.1, -0.05) is 24.3 Å². The molecule has 27 heavy (non-hydrogen) atoms. The van der Waals surface area contributed by atoms with Gasteiger partial charge in [0.05, 0.1) is 19.3 Å². The van der Waals surface area contributed by atoms with Crippen LogP contribution in [0.4, 0.5) is 14.9 Å². The van der Waals surface area contributed by atoms with Crippen molar-refractivity contribution in [2.75, 3.05) is 31.2 Å². The van der Waals surface area contributed by atoms with Gasteiger partial charge in [0, 0.05) is 25.3 Å². The molecule has 3 rings (SSSR count). The van der Waals surface area contributed by atoms with Crippen LogP contribution in [-0.4, -0.2) is 32.3 Å². The Balaban J connectivity index is 1.50. The molecule has 2 amide bonds. The lowest BCUT2D eigenvalue weighted by Crippen LogP contribution is -2.37. The lowest BCUT2D eigenvalue weighted by molar-refractivity contribution is 0.122. The number of urea groups is 1. The van der Waals surface area contributed by atoms with Crippen LogP contribution in [0.15, 0.2) is 42.5 Å². The molecule has 5 nitrogen and oxygen atoms in total. The number of ether oxygens (including phenoxy) is 1. The van der Waals surface area contributed by atoms with Crippen molar-refractivity contribution in [1.82, 2.24) is 10.6 Å². The first-order valence-corrected chi connectivity index (χ1v) is 9.25. The zero-order valence-corrected chi connectivity index (χ0v) is 15.8. The average molecular weight is 371 g/mol. The predicted octanol–water partition coefficient (Wildman–Crippen LogP) is 3.53. The highest BCUT2D eigenvalue weighted by atomic mass is 19.1. The number of aryl methyl sites for hydroxylation is 1. The lowest BCUT2D eigenvalue weighted by atomic mass is 10.1. The Morgan fingerprint density at radius 1 is 1.19 bits per heavy atom.